The summed E-state index contributed by atoms with van der Waals surface area (Å²) in [7, 11) is 5.98. The predicted octanol–water partition coefficient (Wildman–Crippen LogP) is -1.77. The maximum absolute atomic E-state index is 7.61. The molecular weight excluding hydrogens is 64.4 g/mol. The molecule has 0 aromatic rings. The van der Waals surface area contributed by atoms with Crippen molar-refractivity contribution in [3.63, 3.8) is 0 Å². The van der Waals surface area contributed by atoms with Crippen molar-refractivity contribution in [2.24, 2.45) is 0 Å². The summed E-state index contributed by atoms with van der Waals surface area (Å²) < 4.78 is 3.92. The van der Waals surface area contributed by atoms with E-state index in [1.54, 1.807) is 0 Å². The van der Waals surface area contributed by atoms with Crippen LogP contribution in [-0.4, -0.2) is 27.8 Å². The summed E-state index contributed by atoms with van der Waals surface area (Å²) >= 11 is 0. The smallest absolute Gasteiger partial charge is 0.467 e. The van der Waals surface area contributed by atoms with E-state index in [-0.39, 0.29) is 0 Å². The molecule has 0 saturated heterocycles. The molecule has 0 atom stereocenters. The average molecular weight is 65.4 g/mol. The van der Waals surface area contributed by atoms with Gasteiger partial charge < -0.3 is 9.60 Å². The van der Waals surface area contributed by atoms with Crippen molar-refractivity contribution in [3.05, 3.63) is 0 Å². The van der Waals surface area contributed by atoms with Crippen molar-refractivity contribution in [1.82, 2.24) is 0 Å². The largest absolute Gasteiger partial charge is 0.488 e. The molecular formula is HB3O2. The molecule has 0 rings (SSSR count). The average Bonchev–Trinajstić information content (AvgIpc) is 1.41. The second-order valence-corrected chi connectivity index (χ2v) is 0.378. The van der Waals surface area contributed by atoms with Crippen LogP contribution in [0, 0.1) is 0 Å². The van der Waals surface area contributed by atoms with Gasteiger partial charge in [-0.15, -0.1) is 0 Å². The summed E-state index contributed by atoms with van der Waals surface area (Å²) in [4.78, 5) is 0. The van der Waals surface area contributed by atoms with Gasteiger partial charge in [-0.3, -0.25) is 0 Å². The summed E-state index contributed by atoms with van der Waals surface area (Å²) in [5.41, 5.74) is 0. The molecule has 0 amide bonds. The topological polar surface area (TPSA) is 29.5 Å². The van der Waals surface area contributed by atoms with Crippen molar-refractivity contribution < 1.29 is 9.60 Å². The molecule has 0 aliphatic carbocycles. The summed E-state index contributed by atoms with van der Waals surface area (Å²) in [5, 5.41) is 7.61. The predicted molar refractivity (Wildman–Crippen MR) is 20.6 cm³/mol. The number of hydrogen-bond donors (Lipinski definition) is 1. The molecule has 0 saturated carbocycles. The normalized spacial score (nSPS) is 6.60. The van der Waals surface area contributed by atoms with E-state index in [0.717, 1.165) is 7.37 Å². The zero-order valence-corrected chi connectivity index (χ0v) is 2.59. The summed E-state index contributed by atoms with van der Waals surface area (Å²) in [6, 6.07) is 0. The van der Waals surface area contributed by atoms with E-state index in [1.807, 2.05) is 0 Å². The Hall–Kier alpha value is 0.115. The van der Waals surface area contributed by atoms with Gasteiger partial charge in [0.2, 0.25) is 7.37 Å². The van der Waals surface area contributed by atoms with Gasteiger partial charge in [0.1, 0.15) is 0 Å². The lowest BCUT2D eigenvalue weighted by atomic mass is 9.71. The van der Waals surface area contributed by atoms with Gasteiger partial charge in [0.15, 0.2) is 0 Å². The van der Waals surface area contributed by atoms with Crippen LogP contribution < -0.4 is 0 Å². The van der Waals surface area contributed by atoms with E-state index in [0.29, 0.717) is 7.69 Å². The van der Waals surface area contributed by atoms with Crippen LogP contribution >= 0.6 is 0 Å². The highest BCUT2D eigenvalue weighted by Crippen LogP contribution is 1.47. The third kappa shape index (κ3) is 4.11. The summed E-state index contributed by atoms with van der Waals surface area (Å²) in [6.07, 6.45) is 0. The Labute approximate surface area is 33.5 Å². The molecule has 0 aliphatic rings. The van der Waals surface area contributed by atoms with Crippen LogP contribution in [0.25, 0.3) is 0 Å². The molecule has 0 aromatic carbocycles. The summed E-state index contributed by atoms with van der Waals surface area (Å²) in [5.74, 6) is 0. The molecule has 0 spiro atoms. The Kier molecular flexibility index (Phi) is 4.21. The SMILES string of the molecule is [B][B]O[B]O. The Morgan fingerprint density at radius 2 is 2.40 bits per heavy atom. The Morgan fingerprint density at radius 1 is 1.80 bits per heavy atom. The third-order valence-electron chi connectivity index (χ3n) is 0.139. The van der Waals surface area contributed by atoms with Gasteiger partial charge >= 0.3 is 7.69 Å². The fraction of sp³-hybridized carbons (Fsp3) is 0. The van der Waals surface area contributed by atoms with Gasteiger partial charge in [-0.1, -0.05) is 0 Å². The molecule has 5 heteroatoms. The van der Waals surface area contributed by atoms with E-state index in [2.05, 4.69) is 12.3 Å². The minimum absolute atomic E-state index is 0.500. The Bertz CT molecular complexity index is 12.4. The number of hydrogen-bond acceptors (Lipinski definition) is 2. The van der Waals surface area contributed by atoms with Crippen molar-refractivity contribution in [2.75, 3.05) is 0 Å². The maximum atomic E-state index is 7.61. The second-order valence-electron chi connectivity index (χ2n) is 0.378. The first-order chi connectivity index (χ1) is 2.41. The van der Waals surface area contributed by atoms with Gasteiger partial charge in [-0.25, -0.2) is 0 Å². The molecule has 0 fully saturated rings. The molecule has 22 valence electrons. The fourth-order valence-electron chi connectivity index (χ4n) is 0.0351. The first kappa shape index (κ1) is 5.11. The molecule has 1 N–H and O–H groups in total. The molecule has 4 radical (unpaired) electrons. The van der Waals surface area contributed by atoms with Crippen LogP contribution in [0.15, 0.2) is 0 Å². The monoisotopic (exact) mass is 66.0 g/mol. The van der Waals surface area contributed by atoms with Crippen LogP contribution in [0.3, 0.4) is 0 Å². The zero-order chi connectivity index (χ0) is 4.12. The maximum Gasteiger partial charge on any atom is 0.467 e. The second kappa shape index (κ2) is 4.11. The molecule has 0 unspecified atom stereocenters. The highest BCUT2D eigenvalue weighted by Gasteiger charge is 1.76. The molecule has 5 heavy (non-hydrogen) atoms. The third-order valence-corrected chi connectivity index (χ3v) is 0.139. The Morgan fingerprint density at radius 3 is 2.40 bits per heavy atom. The minimum atomic E-state index is 0.500. The minimum Gasteiger partial charge on any atom is -0.488 e. The van der Waals surface area contributed by atoms with Gasteiger partial charge in [0, 0.05) is 0 Å². The molecule has 0 aliphatic heterocycles. The van der Waals surface area contributed by atoms with Gasteiger partial charge in [0.25, 0.3) is 0 Å². The van der Waals surface area contributed by atoms with E-state index in [9.17, 15) is 0 Å². The lowest BCUT2D eigenvalue weighted by Crippen LogP contribution is -2.01. The van der Waals surface area contributed by atoms with Crippen molar-refractivity contribution in [2.45, 2.75) is 0 Å². The molecule has 2 nitrogen and oxygen atoms in total. The van der Waals surface area contributed by atoms with E-state index < -0.39 is 0 Å². The van der Waals surface area contributed by atoms with Crippen molar-refractivity contribution in [1.29, 1.82) is 0 Å². The van der Waals surface area contributed by atoms with E-state index >= 15 is 0 Å². The van der Waals surface area contributed by atoms with Crippen LogP contribution in [0.5, 0.6) is 0 Å². The lowest BCUT2D eigenvalue weighted by Gasteiger charge is -1.81. The van der Waals surface area contributed by atoms with Gasteiger partial charge in [-0.05, 0) is 0 Å². The first-order valence-corrected chi connectivity index (χ1v) is 1.06. The highest BCUT2D eigenvalue weighted by molar-refractivity contribution is 6.87. The van der Waals surface area contributed by atoms with Crippen LogP contribution in [0.4, 0.5) is 0 Å². The molecule has 0 heterocycles. The molecule has 0 bridgehead atoms. The zero-order valence-electron chi connectivity index (χ0n) is 2.59. The van der Waals surface area contributed by atoms with Crippen molar-refractivity contribution in [3.8, 4) is 0 Å². The van der Waals surface area contributed by atoms with Gasteiger partial charge in [-0.2, -0.15) is 0 Å². The quantitative estimate of drug-likeness (QED) is 0.386. The standard InChI is InChI=1S/B3HO2/c1-2-5-3-4/h4H. The van der Waals surface area contributed by atoms with Crippen LogP contribution in [0.1, 0.15) is 0 Å². The van der Waals surface area contributed by atoms with Crippen LogP contribution in [-0.2, 0) is 4.57 Å². The lowest BCUT2D eigenvalue weighted by molar-refractivity contribution is 0.475. The van der Waals surface area contributed by atoms with E-state index in [4.69, 9.17) is 5.02 Å². The van der Waals surface area contributed by atoms with E-state index in [1.165, 1.54) is 0 Å². The van der Waals surface area contributed by atoms with Gasteiger partial charge in [0.05, 0.1) is 7.74 Å². The number of rotatable bonds is 2. The van der Waals surface area contributed by atoms with Crippen molar-refractivity contribution >= 4 is 22.8 Å². The fourth-order valence-corrected chi connectivity index (χ4v) is 0.0351. The molecule has 0 aromatic heterocycles. The summed E-state index contributed by atoms with van der Waals surface area (Å²) in [6.45, 7) is 0. The Balaban J connectivity index is 2.19. The van der Waals surface area contributed by atoms with Crippen LogP contribution in [0.2, 0.25) is 0 Å². The first-order valence-electron chi connectivity index (χ1n) is 1.06. The highest BCUT2D eigenvalue weighted by atomic mass is 16.5.